The maximum Gasteiger partial charge on any atom is 0.240 e. The smallest absolute Gasteiger partial charge is 0.240 e. The van der Waals surface area contributed by atoms with Crippen molar-refractivity contribution in [2.75, 3.05) is 19.6 Å². The zero-order valence-corrected chi connectivity index (χ0v) is 14.1. The number of amides is 1. The van der Waals surface area contributed by atoms with Gasteiger partial charge in [0.25, 0.3) is 0 Å². The third kappa shape index (κ3) is 3.98. The molecule has 0 aromatic rings. The summed E-state index contributed by atoms with van der Waals surface area (Å²) in [5, 5.41) is 3.13. The second kappa shape index (κ2) is 6.66. The highest BCUT2D eigenvalue weighted by molar-refractivity contribution is 5.86. The fraction of sp³-hybridized carbons (Fsp3) is 0.941. The number of carbonyl (C=O) groups is 1. The summed E-state index contributed by atoms with van der Waals surface area (Å²) in [7, 11) is 0. The fourth-order valence-electron chi connectivity index (χ4n) is 3.77. The molecule has 21 heavy (non-hydrogen) atoms. The Kier molecular flexibility index (Phi) is 5.31. The summed E-state index contributed by atoms with van der Waals surface area (Å²) in [6.45, 7) is 9.76. The lowest BCUT2D eigenvalue weighted by Gasteiger charge is -2.44. The zero-order valence-electron chi connectivity index (χ0n) is 14.1. The summed E-state index contributed by atoms with van der Waals surface area (Å²) < 4.78 is 0. The van der Waals surface area contributed by atoms with E-state index in [1.54, 1.807) is 0 Å². The third-order valence-electron chi connectivity index (χ3n) is 5.58. The predicted octanol–water partition coefficient (Wildman–Crippen LogP) is 2.27. The van der Waals surface area contributed by atoms with Crippen LogP contribution in [0.3, 0.4) is 0 Å². The molecule has 1 saturated carbocycles. The highest BCUT2D eigenvalue weighted by Crippen LogP contribution is 2.28. The maximum absolute atomic E-state index is 12.4. The standard InChI is InChI=1S/C17H33N3O/c1-4-14-8-7-11-20(12-14)16(2,3)13-19-15(21)17(18)9-5-6-10-17/h14H,4-13,18H2,1-3H3,(H,19,21). The predicted molar refractivity (Wildman–Crippen MR) is 87.1 cm³/mol. The molecule has 0 aromatic heterocycles. The summed E-state index contributed by atoms with van der Waals surface area (Å²) in [5.41, 5.74) is 5.63. The molecule has 0 bridgehead atoms. The first-order valence-corrected chi connectivity index (χ1v) is 8.69. The van der Waals surface area contributed by atoms with Gasteiger partial charge in [-0.2, -0.15) is 0 Å². The second-order valence-corrected chi connectivity index (χ2v) is 7.72. The lowest BCUT2D eigenvalue weighted by molar-refractivity contribution is -0.126. The molecule has 1 unspecified atom stereocenters. The van der Waals surface area contributed by atoms with Gasteiger partial charge in [-0.05, 0) is 52.0 Å². The van der Waals surface area contributed by atoms with Gasteiger partial charge in [-0.3, -0.25) is 9.69 Å². The lowest BCUT2D eigenvalue weighted by Crippen LogP contribution is -2.59. The van der Waals surface area contributed by atoms with Crippen molar-refractivity contribution >= 4 is 5.91 Å². The van der Waals surface area contributed by atoms with Crippen molar-refractivity contribution in [3.8, 4) is 0 Å². The Bertz CT molecular complexity index is 361. The van der Waals surface area contributed by atoms with Gasteiger partial charge in [0.05, 0.1) is 5.54 Å². The van der Waals surface area contributed by atoms with Gasteiger partial charge in [0.2, 0.25) is 5.91 Å². The van der Waals surface area contributed by atoms with Gasteiger partial charge >= 0.3 is 0 Å². The van der Waals surface area contributed by atoms with Crippen molar-refractivity contribution in [3.05, 3.63) is 0 Å². The van der Waals surface area contributed by atoms with Gasteiger partial charge in [0.1, 0.15) is 0 Å². The van der Waals surface area contributed by atoms with E-state index >= 15 is 0 Å². The SMILES string of the molecule is CCC1CCCN(C(C)(C)CNC(=O)C2(N)CCCC2)C1. The fourth-order valence-corrected chi connectivity index (χ4v) is 3.77. The Morgan fingerprint density at radius 1 is 1.33 bits per heavy atom. The van der Waals surface area contributed by atoms with Gasteiger partial charge < -0.3 is 11.1 Å². The van der Waals surface area contributed by atoms with Crippen LogP contribution in [0.15, 0.2) is 0 Å². The van der Waals surface area contributed by atoms with E-state index in [2.05, 4.69) is 31.0 Å². The number of hydrogen-bond donors (Lipinski definition) is 2. The average molecular weight is 295 g/mol. The Morgan fingerprint density at radius 2 is 2.00 bits per heavy atom. The Hall–Kier alpha value is -0.610. The summed E-state index contributed by atoms with van der Waals surface area (Å²) in [6.07, 6.45) is 7.71. The van der Waals surface area contributed by atoms with E-state index in [0.29, 0.717) is 6.54 Å². The molecule has 0 spiro atoms. The number of piperidine rings is 1. The van der Waals surface area contributed by atoms with E-state index in [-0.39, 0.29) is 11.4 Å². The van der Waals surface area contributed by atoms with Crippen molar-refractivity contribution in [3.63, 3.8) is 0 Å². The second-order valence-electron chi connectivity index (χ2n) is 7.72. The van der Waals surface area contributed by atoms with Crippen LogP contribution in [0.2, 0.25) is 0 Å². The molecule has 1 atom stereocenters. The third-order valence-corrected chi connectivity index (χ3v) is 5.58. The topological polar surface area (TPSA) is 58.4 Å². The van der Waals surface area contributed by atoms with E-state index in [1.165, 1.54) is 19.3 Å². The lowest BCUT2D eigenvalue weighted by atomic mass is 9.90. The number of nitrogens with two attached hydrogens (primary N) is 1. The first kappa shape index (κ1) is 16.8. The van der Waals surface area contributed by atoms with E-state index in [9.17, 15) is 4.79 Å². The van der Waals surface area contributed by atoms with Crippen LogP contribution < -0.4 is 11.1 Å². The minimum atomic E-state index is -0.607. The molecule has 0 radical (unpaired) electrons. The first-order valence-electron chi connectivity index (χ1n) is 8.69. The number of carbonyl (C=O) groups excluding carboxylic acids is 1. The molecular weight excluding hydrogens is 262 g/mol. The molecular formula is C17H33N3O. The van der Waals surface area contributed by atoms with E-state index < -0.39 is 5.54 Å². The highest BCUT2D eigenvalue weighted by atomic mass is 16.2. The van der Waals surface area contributed by atoms with Crippen LogP contribution in [0.5, 0.6) is 0 Å². The molecule has 4 nitrogen and oxygen atoms in total. The van der Waals surface area contributed by atoms with Crippen LogP contribution in [-0.4, -0.2) is 41.5 Å². The first-order chi connectivity index (χ1) is 9.87. The van der Waals surface area contributed by atoms with Crippen LogP contribution in [0, 0.1) is 5.92 Å². The van der Waals surface area contributed by atoms with E-state index in [4.69, 9.17) is 5.73 Å². The molecule has 4 heteroatoms. The molecule has 1 aliphatic heterocycles. The van der Waals surface area contributed by atoms with Crippen molar-refractivity contribution in [2.24, 2.45) is 11.7 Å². The minimum absolute atomic E-state index is 0.0124. The highest BCUT2D eigenvalue weighted by Gasteiger charge is 2.38. The molecule has 2 aliphatic rings. The van der Waals surface area contributed by atoms with Crippen molar-refractivity contribution in [1.82, 2.24) is 10.2 Å². The van der Waals surface area contributed by atoms with Gasteiger partial charge in [-0.15, -0.1) is 0 Å². The van der Waals surface area contributed by atoms with Crippen LogP contribution >= 0.6 is 0 Å². The number of rotatable bonds is 5. The summed E-state index contributed by atoms with van der Waals surface area (Å²) in [6, 6.07) is 0. The van der Waals surface area contributed by atoms with Crippen molar-refractivity contribution in [2.45, 2.75) is 76.8 Å². The van der Waals surface area contributed by atoms with Gasteiger partial charge in [0.15, 0.2) is 0 Å². The summed E-state index contributed by atoms with van der Waals surface area (Å²) in [5.74, 6) is 0.863. The molecule has 1 aliphatic carbocycles. The largest absolute Gasteiger partial charge is 0.353 e. The molecule has 1 amide bonds. The quantitative estimate of drug-likeness (QED) is 0.818. The van der Waals surface area contributed by atoms with Crippen LogP contribution in [-0.2, 0) is 4.79 Å². The van der Waals surface area contributed by atoms with E-state index in [1.807, 2.05) is 0 Å². The van der Waals surface area contributed by atoms with Crippen LogP contribution in [0.4, 0.5) is 0 Å². The Labute approximate surface area is 129 Å². The number of hydrogen-bond acceptors (Lipinski definition) is 3. The van der Waals surface area contributed by atoms with Crippen LogP contribution in [0.1, 0.15) is 65.7 Å². The van der Waals surface area contributed by atoms with Gasteiger partial charge in [0, 0.05) is 18.6 Å². The summed E-state index contributed by atoms with van der Waals surface area (Å²) >= 11 is 0. The Balaban J connectivity index is 1.87. The number of likely N-dealkylation sites (tertiary alicyclic amines) is 1. The van der Waals surface area contributed by atoms with Crippen molar-refractivity contribution < 1.29 is 4.79 Å². The number of nitrogens with zero attached hydrogens (tertiary/aromatic N) is 1. The van der Waals surface area contributed by atoms with Gasteiger partial charge in [-0.1, -0.05) is 26.2 Å². The maximum atomic E-state index is 12.4. The number of nitrogens with one attached hydrogen (secondary N) is 1. The molecule has 1 saturated heterocycles. The monoisotopic (exact) mass is 295 g/mol. The van der Waals surface area contributed by atoms with Crippen molar-refractivity contribution in [1.29, 1.82) is 0 Å². The molecule has 2 rings (SSSR count). The minimum Gasteiger partial charge on any atom is -0.353 e. The molecule has 3 N–H and O–H groups in total. The normalized spacial score (nSPS) is 26.8. The molecule has 0 aromatic carbocycles. The molecule has 2 fully saturated rings. The van der Waals surface area contributed by atoms with Crippen LogP contribution in [0.25, 0.3) is 0 Å². The van der Waals surface area contributed by atoms with E-state index in [0.717, 1.165) is 44.7 Å². The molecule has 122 valence electrons. The van der Waals surface area contributed by atoms with Gasteiger partial charge in [-0.25, -0.2) is 0 Å². The molecule has 1 heterocycles. The zero-order chi connectivity index (χ0) is 15.5. The Morgan fingerprint density at radius 3 is 2.62 bits per heavy atom. The summed E-state index contributed by atoms with van der Waals surface area (Å²) in [4.78, 5) is 14.9. The average Bonchev–Trinajstić information content (AvgIpc) is 2.93.